The molecule has 0 aliphatic carbocycles. The molecule has 220 valence electrons. The number of nitrogens with zero attached hydrogens (tertiary/aromatic N) is 4. The molecule has 2 amide bonds. The Morgan fingerprint density at radius 3 is 2.29 bits per heavy atom. The van der Waals surface area contributed by atoms with Gasteiger partial charge in [-0.2, -0.15) is 5.10 Å². The van der Waals surface area contributed by atoms with Crippen LogP contribution in [-0.4, -0.2) is 69.1 Å². The monoisotopic (exact) mass is 559 g/mol. The zero-order valence-corrected chi connectivity index (χ0v) is 25.0. The molecule has 3 aromatic rings. The van der Waals surface area contributed by atoms with E-state index in [-0.39, 0.29) is 23.3 Å². The Morgan fingerprint density at radius 2 is 1.66 bits per heavy atom. The number of aromatic hydroxyl groups is 1. The van der Waals surface area contributed by atoms with Gasteiger partial charge in [-0.1, -0.05) is 46.3 Å². The number of likely N-dealkylation sites (tertiary alicyclic amines) is 1. The normalized spacial score (nSPS) is 14.4. The molecule has 0 spiro atoms. The van der Waals surface area contributed by atoms with Crippen LogP contribution in [0.5, 0.6) is 5.75 Å². The molecule has 8 heteroatoms. The first-order valence-electron chi connectivity index (χ1n) is 15.0. The lowest BCUT2D eigenvalue weighted by Crippen LogP contribution is -2.34. The molecular formula is C33H45N5O3. The topological polar surface area (TPSA) is 90.2 Å². The van der Waals surface area contributed by atoms with Crippen LogP contribution in [-0.2, 0) is 0 Å². The second-order valence-electron chi connectivity index (χ2n) is 11.9. The van der Waals surface area contributed by atoms with Crippen LogP contribution in [0.25, 0.3) is 11.6 Å². The Labute approximate surface area is 244 Å². The first kappa shape index (κ1) is 30.3. The fourth-order valence-electron chi connectivity index (χ4n) is 5.05. The standard InChI is InChI=1S/C33H45N5O3/c1-24(2)14-20-37(21-15-25(3)4)33(41)26-16-22-38-30(23-26)29(9-8-19-36-17-6-5-7-18-36)31(35-38)32(40)34-27-10-12-28(39)13-11-27/h8-13,16,22-25,39H,5-7,14-15,17-21H2,1-4H3,(H,34,40)/b9-8+. The summed E-state index contributed by atoms with van der Waals surface area (Å²) in [7, 11) is 0. The summed E-state index contributed by atoms with van der Waals surface area (Å²) in [5, 5.41) is 17.1. The number of phenolic OH excluding ortho intramolecular Hbond substituents is 1. The van der Waals surface area contributed by atoms with Crippen LogP contribution >= 0.6 is 0 Å². The second kappa shape index (κ2) is 14.3. The van der Waals surface area contributed by atoms with Gasteiger partial charge in [-0.3, -0.25) is 14.5 Å². The zero-order valence-electron chi connectivity index (χ0n) is 25.0. The number of hydrogen-bond acceptors (Lipinski definition) is 5. The van der Waals surface area contributed by atoms with E-state index in [1.54, 1.807) is 28.9 Å². The van der Waals surface area contributed by atoms with Crippen molar-refractivity contribution >= 4 is 29.1 Å². The molecule has 3 heterocycles. The van der Waals surface area contributed by atoms with Gasteiger partial charge < -0.3 is 15.3 Å². The van der Waals surface area contributed by atoms with Gasteiger partial charge in [0, 0.05) is 42.6 Å². The van der Waals surface area contributed by atoms with Crippen molar-refractivity contribution in [2.24, 2.45) is 11.8 Å². The number of carbonyl (C=O) groups is 2. The molecule has 1 aliphatic rings. The minimum absolute atomic E-state index is 0.00772. The molecule has 2 N–H and O–H groups in total. The minimum atomic E-state index is -0.347. The van der Waals surface area contributed by atoms with E-state index in [0.717, 1.165) is 45.6 Å². The Bertz CT molecular complexity index is 1320. The van der Waals surface area contributed by atoms with Crippen LogP contribution in [0.1, 0.15) is 86.2 Å². The first-order chi connectivity index (χ1) is 19.7. The number of fused-ring (bicyclic) bond motifs is 1. The second-order valence-corrected chi connectivity index (χ2v) is 11.9. The van der Waals surface area contributed by atoms with Crippen LogP contribution in [0, 0.1) is 11.8 Å². The van der Waals surface area contributed by atoms with Gasteiger partial charge in [0.25, 0.3) is 11.8 Å². The van der Waals surface area contributed by atoms with E-state index in [1.807, 2.05) is 17.0 Å². The molecule has 1 aromatic carbocycles. The molecule has 41 heavy (non-hydrogen) atoms. The highest BCUT2D eigenvalue weighted by molar-refractivity contribution is 6.07. The highest BCUT2D eigenvalue weighted by atomic mass is 16.3. The van der Waals surface area contributed by atoms with E-state index in [2.05, 4.69) is 49.1 Å². The first-order valence-corrected chi connectivity index (χ1v) is 15.0. The highest BCUT2D eigenvalue weighted by Crippen LogP contribution is 2.23. The van der Waals surface area contributed by atoms with Gasteiger partial charge >= 0.3 is 0 Å². The number of benzene rings is 1. The Morgan fingerprint density at radius 1 is 1.00 bits per heavy atom. The highest BCUT2D eigenvalue weighted by Gasteiger charge is 2.22. The average molecular weight is 560 g/mol. The van der Waals surface area contributed by atoms with Crippen molar-refractivity contribution in [2.45, 2.75) is 59.8 Å². The third kappa shape index (κ3) is 8.43. The number of amides is 2. The predicted octanol–water partition coefficient (Wildman–Crippen LogP) is 6.33. The number of pyridine rings is 1. The molecule has 0 unspecified atom stereocenters. The molecule has 1 fully saturated rings. The fraction of sp³-hybridized carbons (Fsp3) is 0.485. The number of anilines is 1. The number of piperidine rings is 1. The molecule has 8 nitrogen and oxygen atoms in total. The van der Waals surface area contributed by atoms with Crippen LogP contribution in [0.4, 0.5) is 5.69 Å². The number of phenols is 1. The summed E-state index contributed by atoms with van der Waals surface area (Å²) in [5.74, 6) is 0.805. The quantitative estimate of drug-likeness (QED) is 0.253. The molecule has 0 radical (unpaired) electrons. The van der Waals surface area contributed by atoms with E-state index in [0.29, 0.717) is 34.2 Å². The third-order valence-corrected chi connectivity index (χ3v) is 7.60. The maximum Gasteiger partial charge on any atom is 0.276 e. The van der Waals surface area contributed by atoms with Gasteiger partial charge in [0.2, 0.25) is 0 Å². The van der Waals surface area contributed by atoms with Crippen LogP contribution in [0.2, 0.25) is 0 Å². The van der Waals surface area contributed by atoms with Crippen molar-refractivity contribution in [3.8, 4) is 5.75 Å². The lowest BCUT2D eigenvalue weighted by molar-refractivity contribution is 0.0740. The van der Waals surface area contributed by atoms with E-state index < -0.39 is 0 Å². The van der Waals surface area contributed by atoms with Gasteiger partial charge in [-0.15, -0.1) is 0 Å². The third-order valence-electron chi connectivity index (χ3n) is 7.60. The lowest BCUT2D eigenvalue weighted by Gasteiger charge is -2.25. The van der Waals surface area contributed by atoms with Crippen molar-refractivity contribution in [1.82, 2.24) is 19.4 Å². The number of rotatable bonds is 12. The van der Waals surface area contributed by atoms with Gasteiger partial charge in [-0.05, 0) is 87.0 Å². The van der Waals surface area contributed by atoms with Gasteiger partial charge in [0.15, 0.2) is 5.69 Å². The van der Waals surface area contributed by atoms with Crippen molar-refractivity contribution in [3.05, 3.63) is 65.5 Å². The molecule has 1 aliphatic heterocycles. The summed E-state index contributed by atoms with van der Waals surface area (Å²) in [6, 6.07) is 10.0. The van der Waals surface area contributed by atoms with Crippen LogP contribution < -0.4 is 5.32 Å². The molecule has 2 aromatic heterocycles. The summed E-state index contributed by atoms with van der Waals surface area (Å²) < 4.78 is 1.68. The maximum atomic E-state index is 13.7. The SMILES string of the molecule is CC(C)CCN(CCC(C)C)C(=O)c1ccn2nc(C(=O)Nc3ccc(O)cc3)c(/C=C/CN3CCCCC3)c2c1. The van der Waals surface area contributed by atoms with Crippen molar-refractivity contribution < 1.29 is 14.7 Å². The number of nitrogens with one attached hydrogen (secondary N) is 1. The summed E-state index contributed by atoms with van der Waals surface area (Å²) in [6.45, 7) is 13.1. The molecule has 4 rings (SSSR count). The fourth-order valence-corrected chi connectivity index (χ4v) is 5.05. The summed E-state index contributed by atoms with van der Waals surface area (Å²) in [6.07, 6.45) is 11.4. The Hall–Kier alpha value is -3.65. The van der Waals surface area contributed by atoms with Crippen molar-refractivity contribution in [3.63, 3.8) is 0 Å². The Kier molecular flexibility index (Phi) is 10.6. The van der Waals surface area contributed by atoms with E-state index in [9.17, 15) is 14.7 Å². The molecule has 1 saturated heterocycles. The largest absolute Gasteiger partial charge is 0.508 e. The number of hydrogen-bond donors (Lipinski definition) is 2. The number of carbonyl (C=O) groups excluding carboxylic acids is 2. The van der Waals surface area contributed by atoms with E-state index in [1.165, 1.54) is 31.4 Å². The molecule has 0 saturated carbocycles. The van der Waals surface area contributed by atoms with Crippen molar-refractivity contribution in [2.75, 3.05) is 38.0 Å². The zero-order chi connectivity index (χ0) is 29.4. The van der Waals surface area contributed by atoms with Gasteiger partial charge in [0.05, 0.1) is 5.52 Å². The van der Waals surface area contributed by atoms with E-state index in [4.69, 9.17) is 0 Å². The van der Waals surface area contributed by atoms with Crippen LogP contribution in [0.3, 0.4) is 0 Å². The molecule has 0 bridgehead atoms. The Balaban J connectivity index is 1.66. The van der Waals surface area contributed by atoms with E-state index >= 15 is 0 Å². The minimum Gasteiger partial charge on any atom is -0.508 e. The number of aromatic nitrogens is 2. The average Bonchev–Trinajstić information content (AvgIpc) is 3.32. The smallest absolute Gasteiger partial charge is 0.276 e. The van der Waals surface area contributed by atoms with Gasteiger partial charge in [-0.25, -0.2) is 4.52 Å². The molecule has 0 atom stereocenters. The van der Waals surface area contributed by atoms with Crippen molar-refractivity contribution in [1.29, 1.82) is 0 Å². The summed E-state index contributed by atoms with van der Waals surface area (Å²) in [5.41, 5.74) is 2.85. The van der Waals surface area contributed by atoms with Crippen LogP contribution in [0.15, 0.2) is 48.7 Å². The summed E-state index contributed by atoms with van der Waals surface area (Å²) >= 11 is 0. The summed E-state index contributed by atoms with van der Waals surface area (Å²) in [4.78, 5) is 31.5. The lowest BCUT2D eigenvalue weighted by atomic mass is 10.1. The van der Waals surface area contributed by atoms with Gasteiger partial charge in [0.1, 0.15) is 5.75 Å². The predicted molar refractivity (Wildman–Crippen MR) is 165 cm³/mol. The maximum absolute atomic E-state index is 13.7. The molecular weight excluding hydrogens is 514 g/mol.